The van der Waals surface area contributed by atoms with E-state index in [0.717, 1.165) is 24.2 Å². The first-order valence-corrected chi connectivity index (χ1v) is 10.4. The second-order valence-electron chi connectivity index (χ2n) is 9.04. The van der Waals surface area contributed by atoms with Crippen LogP contribution in [0, 0.1) is 0 Å². The molecule has 0 spiro atoms. The molecule has 1 saturated carbocycles. The van der Waals surface area contributed by atoms with E-state index in [0.29, 0.717) is 6.04 Å². The Morgan fingerprint density at radius 1 is 1.00 bits per heavy atom. The molecule has 4 heteroatoms. The topological polar surface area (TPSA) is 41.5 Å². The van der Waals surface area contributed by atoms with Gasteiger partial charge in [-0.05, 0) is 35.3 Å². The molecule has 2 N–H and O–H groups in total. The van der Waals surface area contributed by atoms with E-state index in [1.807, 2.05) is 6.07 Å². The van der Waals surface area contributed by atoms with E-state index in [1.165, 1.54) is 24.8 Å². The number of hydrogen-bond acceptors (Lipinski definition) is 3. The summed E-state index contributed by atoms with van der Waals surface area (Å²) in [6.07, 6.45) is 6.07. The Bertz CT molecular complexity index is 540. The molecule has 2 rings (SSSR count). The van der Waals surface area contributed by atoms with Gasteiger partial charge in [0.25, 0.3) is 0 Å². The fourth-order valence-electron chi connectivity index (χ4n) is 3.17. The van der Waals surface area contributed by atoms with Crippen LogP contribution in [0.4, 0.5) is 0 Å². The van der Waals surface area contributed by atoms with Gasteiger partial charge in [-0.15, -0.1) is 0 Å². The van der Waals surface area contributed by atoms with Crippen molar-refractivity contribution in [3.05, 3.63) is 29.3 Å². The van der Waals surface area contributed by atoms with Crippen LogP contribution in [0.5, 0.6) is 5.75 Å². The predicted molar refractivity (Wildman–Crippen MR) is 104 cm³/mol. The van der Waals surface area contributed by atoms with Crippen molar-refractivity contribution in [2.45, 2.75) is 90.5 Å². The molecular formula is C20H34NO2P. The van der Waals surface area contributed by atoms with Crippen LogP contribution in [-0.4, -0.2) is 10.9 Å². The van der Waals surface area contributed by atoms with Gasteiger partial charge in [0.15, 0.2) is 0 Å². The van der Waals surface area contributed by atoms with Gasteiger partial charge in [0.05, 0.1) is 0 Å². The van der Waals surface area contributed by atoms with Gasteiger partial charge < -0.3 is 9.42 Å². The third kappa shape index (κ3) is 5.44. The molecule has 1 aliphatic rings. The summed E-state index contributed by atoms with van der Waals surface area (Å²) in [5, 5.41) is 3.29. The number of rotatable bonds is 4. The summed E-state index contributed by atoms with van der Waals surface area (Å²) in [4.78, 5) is 10.4. The molecule has 0 radical (unpaired) electrons. The molecule has 0 amide bonds. The fraction of sp³-hybridized carbons (Fsp3) is 0.700. The first kappa shape index (κ1) is 19.7. The highest BCUT2D eigenvalue weighted by molar-refractivity contribution is 7.44. The maximum atomic E-state index is 10.4. The zero-order chi connectivity index (χ0) is 18.0. The molecule has 136 valence electrons. The van der Waals surface area contributed by atoms with Gasteiger partial charge in [0, 0.05) is 11.6 Å². The molecule has 1 aliphatic carbocycles. The lowest BCUT2D eigenvalue weighted by Gasteiger charge is -2.29. The molecule has 0 saturated heterocycles. The van der Waals surface area contributed by atoms with Crippen molar-refractivity contribution < 1.29 is 9.42 Å². The van der Waals surface area contributed by atoms with Crippen LogP contribution < -0.4 is 9.61 Å². The predicted octanol–water partition coefficient (Wildman–Crippen LogP) is 5.80. The molecule has 0 bridgehead atoms. The zero-order valence-corrected chi connectivity index (χ0v) is 17.0. The Morgan fingerprint density at radius 2 is 1.62 bits per heavy atom. The van der Waals surface area contributed by atoms with E-state index in [1.54, 1.807) is 0 Å². The molecule has 1 fully saturated rings. The van der Waals surface area contributed by atoms with Gasteiger partial charge in [-0.25, -0.2) is 5.09 Å². The van der Waals surface area contributed by atoms with E-state index in [4.69, 9.17) is 4.52 Å². The third-order valence-electron chi connectivity index (χ3n) is 4.74. The minimum absolute atomic E-state index is 0.0302. The number of hydrogen-bond donors (Lipinski definition) is 2. The lowest BCUT2D eigenvalue weighted by molar-refractivity contribution is 0.384. The summed E-state index contributed by atoms with van der Waals surface area (Å²) >= 11 is 0. The summed E-state index contributed by atoms with van der Waals surface area (Å²) in [5.74, 6) is 0.799. The average Bonchev–Trinajstić information content (AvgIpc) is 2.46. The highest BCUT2D eigenvalue weighted by atomic mass is 31.2. The minimum atomic E-state index is -1.63. The summed E-state index contributed by atoms with van der Waals surface area (Å²) in [5.41, 5.74) is 2.52. The van der Waals surface area contributed by atoms with Crippen LogP contribution in [0.15, 0.2) is 18.2 Å². The molecule has 0 aromatic heterocycles. The molecule has 1 atom stereocenters. The Labute approximate surface area is 149 Å². The molecule has 1 aromatic rings. The van der Waals surface area contributed by atoms with Crippen molar-refractivity contribution in [3.63, 3.8) is 0 Å². The summed E-state index contributed by atoms with van der Waals surface area (Å²) in [7, 11) is -1.63. The summed E-state index contributed by atoms with van der Waals surface area (Å²) in [6.45, 7) is 13.2. The smallest absolute Gasteiger partial charge is 0.315 e. The van der Waals surface area contributed by atoms with E-state index < -0.39 is 8.53 Å². The molecule has 1 unspecified atom stereocenters. The Morgan fingerprint density at radius 3 is 2.17 bits per heavy atom. The lowest BCUT2D eigenvalue weighted by Crippen LogP contribution is -2.28. The maximum absolute atomic E-state index is 10.4. The Hall–Kier alpha value is -0.630. The number of nitrogens with one attached hydrogen (secondary N) is 1. The van der Waals surface area contributed by atoms with Crippen molar-refractivity contribution in [2.24, 2.45) is 0 Å². The van der Waals surface area contributed by atoms with Crippen LogP contribution in [-0.2, 0) is 10.8 Å². The normalized spacial score (nSPS) is 18.5. The standard InChI is InChI=1S/C20H34NO2P/c1-19(2,3)15-12-13-18(17(14-15)20(4,5)6)23-24(22)21-16-10-8-7-9-11-16/h12-14,16,21-22H,7-11H2,1-6H3. The first-order chi connectivity index (χ1) is 11.1. The Kier molecular flexibility index (Phi) is 6.34. The van der Waals surface area contributed by atoms with E-state index in [2.05, 4.69) is 58.8 Å². The third-order valence-corrected chi connectivity index (χ3v) is 5.69. The first-order valence-electron chi connectivity index (χ1n) is 9.15. The van der Waals surface area contributed by atoms with E-state index in [9.17, 15) is 4.89 Å². The quantitative estimate of drug-likeness (QED) is 0.673. The lowest BCUT2D eigenvalue weighted by atomic mass is 9.80. The van der Waals surface area contributed by atoms with Gasteiger partial charge in [-0.2, -0.15) is 0 Å². The van der Waals surface area contributed by atoms with Gasteiger partial charge >= 0.3 is 8.53 Å². The van der Waals surface area contributed by atoms with Gasteiger partial charge in [-0.3, -0.25) is 0 Å². The molecule has 0 aliphatic heterocycles. The minimum Gasteiger partial charge on any atom is -0.436 e. The van der Waals surface area contributed by atoms with Crippen molar-refractivity contribution in [1.82, 2.24) is 5.09 Å². The highest BCUT2D eigenvalue weighted by Crippen LogP contribution is 2.40. The second kappa shape index (κ2) is 7.72. The Balaban J connectivity index is 2.16. The second-order valence-corrected chi connectivity index (χ2v) is 10.0. The molecular weight excluding hydrogens is 317 g/mol. The zero-order valence-electron chi connectivity index (χ0n) is 16.1. The molecule has 24 heavy (non-hydrogen) atoms. The largest absolute Gasteiger partial charge is 0.436 e. The summed E-state index contributed by atoms with van der Waals surface area (Å²) < 4.78 is 5.95. The fourth-order valence-corrected chi connectivity index (χ4v) is 4.14. The van der Waals surface area contributed by atoms with Crippen LogP contribution >= 0.6 is 8.53 Å². The van der Waals surface area contributed by atoms with Crippen molar-refractivity contribution >= 4 is 8.53 Å². The molecule has 3 nitrogen and oxygen atoms in total. The van der Waals surface area contributed by atoms with Crippen LogP contribution in [0.3, 0.4) is 0 Å². The number of benzene rings is 1. The van der Waals surface area contributed by atoms with E-state index >= 15 is 0 Å². The SMILES string of the molecule is CC(C)(C)c1ccc(OP(O)NC2CCCCC2)c(C(C)(C)C)c1. The molecule has 0 heterocycles. The van der Waals surface area contributed by atoms with Crippen molar-refractivity contribution in [3.8, 4) is 5.75 Å². The highest BCUT2D eigenvalue weighted by Gasteiger charge is 2.25. The van der Waals surface area contributed by atoms with Gasteiger partial charge in [-0.1, -0.05) is 72.9 Å². The van der Waals surface area contributed by atoms with Gasteiger partial charge in [0.1, 0.15) is 5.75 Å². The van der Waals surface area contributed by atoms with E-state index in [-0.39, 0.29) is 10.8 Å². The molecule has 1 aromatic carbocycles. The van der Waals surface area contributed by atoms with Crippen LogP contribution in [0.25, 0.3) is 0 Å². The maximum Gasteiger partial charge on any atom is 0.315 e. The van der Waals surface area contributed by atoms with Crippen LogP contribution in [0.2, 0.25) is 0 Å². The van der Waals surface area contributed by atoms with Gasteiger partial charge in [0.2, 0.25) is 0 Å². The van der Waals surface area contributed by atoms with Crippen molar-refractivity contribution in [2.75, 3.05) is 0 Å². The average molecular weight is 351 g/mol. The summed E-state index contributed by atoms with van der Waals surface area (Å²) in [6, 6.07) is 6.77. The van der Waals surface area contributed by atoms with Crippen LogP contribution in [0.1, 0.15) is 84.8 Å². The van der Waals surface area contributed by atoms with Crippen molar-refractivity contribution in [1.29, 1.82) is 0 Å². The monoisotopic (exact) mass is 351 g/mol.